The number of hydrogen-bond donors (Lipinski definition) is 0. The van der Waals surface area contributed by atoms with Crippen molar-refractivity contribution in [3.8, 4) is 0 Å². The molecule has 124 valence electrons. The zero-order valence-electron chi connectivity index (χ0n) is 14.0. The number of amides is 1. The van der Waals surface area contributed by atoms with Crippen LogP contribution in [0.4, 0.5) is 0 Å². The number of allylic oxidation sites excluding steroid dienone is 1. The fourth-order valence-corrected chi connectivity index (χ4v) is 3.99. The van der Waals surface area contributed by atoms with Gasteiger partial charge in [0.2, 0.25) is 5.91 Å². The number of carbonyl (C=O) groups is 1. The predicted octanol–water partition coefficient (Wildman–Crippen LogP) is 3.02. The van der Waals surface area contributed by atoms with Gasteiger partial charge in [0, 0.05) is 25.6 Å². The molecule has 5 nitrogen and oxygen atoms in total. The van der Waals surface area contributed by atoms with Crippen LogP contribution in [0.5, 0.6) is 0 Å². The van der Waals surface area contributed by atoms with Gasteiger partial charge in [0.15, 0.2) is 5.82 Å². The van der Waals surface area contributed by atoms with Gasteiger partial charge in [-0.05, 0) is 51.4 Å². The van der Waals surface area contributed by atoms with Crippen LogP contribution in [0.15, 0.2) is 11.6 Å². The Morgan fingerprint density at radius 3 is 2.78 bits per heavy atom. The Hall–Kier alpha value is -1.65. The summed E-state index contributed by atoms with van der Waals surface area (Å²) in [4.78, 5) is 14.7. The van der Waals surface area contributed by atoms with E-state index in [0.717, 1.165) is 44.0 Å². The molecule has 2 aliphatic heterocycles. The van der Waals surface area contributed by atoms with Gasteiger partial charge in [-0.2, -0.15) is 0 Å². The van der Waals surface area contributed by atoms with E-state index in [-0.39, 0.29) is 11.9 Å². The van der Waals surface area contributed by atoms with Gasteiger partial charge in [-0.15, -0.1) is 10.2 Å². The number of likely N-dealkylation sites (tertiary alicyclic amines) is 1. The number of rotatable bonds is 3. The first-order valence-corrected chi connectivity index (χ1v) is 9.15. The molecule has 3 aliphatic rings. The summed E-state index contributed by atoms with van der Waals surface area (Å²) in [5.74, 6) is 2.96. The number of carbonyl (C=O) groups excluding carboxylic acids is 1. The van der Waals surface area contributed by atoms with E-state index in [1.807, 2.05) is 11.0 Å². The molecular formula is C18H26N4O. The molecule has 0 aromatic carbocycles. The molecule has 0 spiro atoms. The average Bonchev–Trinajstić information content (AvgIpc) is 3.23. The normalized spacial score (nSPS) is 25.3. The zero-order valence-corrected chi connectivity index (χ0v) is 14.0. The van der Waals surface area contributed by atoms with Crippen LogP contribution < -0.4 is 0 Å². The minimum Gasteiger partial charge on any atom is -0.329 e. The van der Waals surface area contributed by atoms with Crippen LogP contribution in [0.2, 0.25) is 0 Å². The molecule has 1 saturated carbocycles. The summed E-state index contributed by atoms with van der Waals surface area (Å²) in [6, 6.07) is 0.116. The fourth-order valence-electron chi connectivity index (χ4n) is 3.99. The fraction of sp³-hybridized carbons (Fsp3) is 0.722. The Labute approximate surface area is 137 Å². The van der Waals surface area contributed by atoms with E-state index >= 15 is 0 Å². The van der Waals surface area contributed by atoms with Gasteiger partial charge in [0.05, 0.1) is 6.04 Å². The Bertz CT molecular complexity index is 629. The van der Waals surface area contributed by atoms with Crippen molar-refractivity contribution in [1.82, 2.24) is 19.7 Å². The molecule has 4 rings (SSSR count). The van der Waals surface area contributed by atoms with E-state index in [4.69, 9.17) is 0 Å². The van der Waals surface area contributed by atoms with Crippen molar-refractivity contribution in [2.24, 2.45) is 5.92 Å². The van der Waals surface area contributed by atoms with E-state index in [0.29, 0.717) is 5.92 Å². The maximum atomic E-state index is 12.7. The van der Waals surface area contributed by atoms with Crippen molar-refractivity contribution in [2.45, 2.75) is 70.9 Å². The molecule has 1 aromatic heterocycles. The molecule has 0 unspecified atom stereocenters. The van der Waals surface area contributed by atoms with Crippen LogP contribution in [0, 0.1) is 5.92 Å². The van der Waals surface area contributed by atoms with E-state index in [1.54, 1.807) is 0 Å². The molecule has 0 N–H and O–H groups in total. The smallest absolute Gasteiger partial charge is 0.247 e. The van der Waals surface area contributed by atoms with E-state index in [9.17, 15) is 4.79 Å². The third-order valence-electron chi connectivity index (χ3n) is 5.54. The van der Waals surface area contributed by atoms with Crippen LogP contribution in [-0.4, -0.2) is 32.1 Å². The van der Waals surface area contributed by atoms with Crippen LogP contribution in [-0.2, 0) is 17.8 Å². The van der Waals surface area contributed by atoms with Gasteiger partial charge in [-0.25, -0.2) is 0 Å². The van der Waals surface area contributed by atoms with E-state index in [2.05, 4.69) is 21.7 Å². The standard InChI is InChI=1S/C18H26N4O/c1-13(14-8-9-14)12-17(23)21-11-5-6-15(21)18-20-19-16-7-3-2-4-10-22(16)18/h12,14-15H,2-11H2,1H3/b13-12+/t15-/m0/s1. The number of hydrogen-bond acceptors (Lipinski definition) is 3. The number of fused-ring (bicyclic) bond motifs is 1. The Balaban J connectivity index is 1.57. The van der Waals surface area contributed by atoms with Crippen molar-refractivity contribution >= 4 is 5.91 Å². The number of aromatic nitrogens is 3. The summed E-state index contributed by atoms with van der Waals surface area (Å²) in [6.45, 7) is 3.96. The number of aryl methyl sites for hydroxylation is 1. The lowest BCUT2D eigenvalue weighted by atomic mass is 10.1. The van der Waals surface area contributed by atoms with Gasteiger partial charge >= 0.3 is 0 Å². The number of nitrogens with zero attached hydrogens (tertiary/aromatic N) is 4. The largest absolute Gasteiger partial charge is 0.329 e. The summed E-state index contributed by atoms with van der Waals surface area (Å²) < 4.78 is 2.29. The van der Waals surface area contributed by atoms with Crippen LogP contribution in [0.3, 0.4) is 0 Å². The molecule has 0 bridgehead atoms. The molecule has 23 heavy (non-hydrogen) atoms. The van der Waals surface area contributed by atoms with Gasteiger partial charge in [-0.1, -0.05) is 12.0 Å². The van der Waals surface area contributed by atoms with Gasteiger partial charge in [-0.3, -0.25) is 4.79 Å². The summed E-state index contributed by atoms with van der Waals surface area (Å²) in [5, 5.41) is 8.89. The Morgan fingerprint density at radius 1 is 1.09 bits per heavy atom. The second kappa shape index (κ2) is 6.10. The third-order valence-corrected chi connectivity index (χ3v) is 5.54. The average molecular weight is 314 g/mol. The first-order valence-electron chi connectivity index (χ1n) is 9.15. The minimum absolute atomic E-state index is 0.116. The summed E-state index contributed by atoms with van der Waals surface area (Å²) in [5.41, 5.74) is 1.25. The molecule has 2 fully saturated rings. The van der Waals surface area contributed by atoms with Crippen LogP contribution in [0.1, 0.15) is 69.6 Å². The van der Waals surface area contributed by atoms with Crippen molar-refractivity contribution in [1.29, 1.82) is 0 Å². The quantitative estimate of drug-likeness (QED) is 0.806. The highest BCUT2D eigenvalue weighted by molar-refractivity contribution is 5.88. The van der Waals surface area contributed by atoms with Crippen molar-refractivity contribution in [3.05, 3.63) is 23.3 Å². The van der Waals surface area contributed by atoms with Crippen molar-refractivity contribution in [2.75, 3.05) is 6.54 Å². The first kappa shape index (κ1) is 14.9. The second-order valence-electron chi connectivity index (χ2n) is 7.29. The first-order chi connectivity index (χ1) is 11.2. The molecule has 1 atom stereocenters. The topological polar surface area (TPSA) is 51.0 Å². The van der Waals surface area contributed by atoms with Crippen molar-refractivity contribution in [3.63, 3.8) is 0 Å². The SMILES string of the molecule is C/C(=C\C(=O)N1CCC[C@H]1c1nnc2n1CCCCC2)C1CC1. The summed E-state index contributed by atoms with van der Waals surface area (Å²) in [7, 11) is 0. The monoisotopic (exact) mass is 314 g/mol. The molecular weight excluding hydrogens is 288 g/mol. The highest BCUT2D eigenvalue weighted by Gasteiger charge is 2.34. The summed E-state index contributed by atoms with van der Waals surface area (Å²) in [6.07, 6.45) is 11.1. The molecule has 1 amide bonds. The lowest BCUT2D eigenvalue weighted by Crippen LogP contribution is -2.31. The van der Waals surface area contributed by atoms with Gasteiger partial charge in [0.1, 0.15) is 5.82 Å². The lowest BCUT2D eigenvalue weighted by molar-refractivity contribution is -0.127. The molecule has 1 aliphatic carbocycles. The second-order valence-corrected chi connectivity index (χ2v) is 7.29. The van der Waals surface area contributed by atoms with Gasteiger partial charge < -0.3 is 9.47 Å². The molecule has 0 radical (unpaired) electrons. The predicted molar refractivity (Wildman–Crippen MR) is 87.7 cm³/mol. The molecule has 1 aromatic rings. The third kappa shape index (κ3) is 2.93. The summed E-state index contributed by atoms with van der Waals surface area (Å²) >= 11 is 0. The maximum absolute atomic E-state index is 12.7. The Kier molecular flexibility index (Phi) is 3.95. The van der Waals surface area contributed by atoms with Crippen LogP contribution in [0.25, 0.3) is 0 Å². The molecule has 1 saturated heterocycles. The maximum Gasteiger partial charge on any atom is 0.247 e. The van der Waals surface area contributed by atoms with Crippen LogP contribution >= 0.6 is 0 Å². The lowest BCUT2D eigenvalue weighted by Gasteiger charge is -2.23. The highest BCUT2D eigenvalue weighted by Crippen LogP contribution is 2.37. The highest BCUT2D eigenvalue weighted by atomic mass is 16.2. The van der Waals surface area contributed by atoms with E-state index < -0.39 is 0 Å². The van der Waals surface area contributed by atoms with Gasteiger partial charge in [0.25, 0.3) is 0 Å². The molecule has 3 heterocycles. The Morgan fingerprint density at radius 2 is 1.96 bits per heavy atom. The minimum atomic E-state index is 0.116. The van der Waals surface area contributed by atoms with E-state index in [1.165, 1.54) is 37.7 Å². The van der Waals surface area contributed by atoms with Crippen molar-refractivity contribution < 1.29 is 4.79 Å². The zero-order chi connectivity index (χ0) is 15.8. The molecule has 5 heteroatoms.